The van der Waals surface area contributed by atoms with Crippen LogP contribution in [-0.2, 0) is 9.53 Å². The summed E-state index contributed by atoms with van der Waals surface area (Å²) >= 11 is 3.30. The Hall–Kier alpha value is -1.07. The van der Waals surface area contributed by atoms with Crippen LogP contribution in [0.3, 0.4) is 0 Å². The molecule has 1 aromatic rings. The molecule has 15 heavy (non-hydrogen) atoms. The van der Waals surface area contributed by atoms with Crippen molar-refractivity contribution in [3.63, 3.8) is 0 Å². The smallest absolute Gasteiger partial charge is 0.307 e. The van der Waals surface area contributed by atoms with Crippen LogP contribution < -0.4 is 5.73 Å². The van der Waals surface area contributed by atoms with Crippen LogP contribution >= 0.6 is 15.9 Å². The van der Waals surface area contributed by atoms with Gasteiger partial charge in [-0.25, -0.2) is 0 Å². The molecule has 1 aromatic carbocycles. The molecular weight excluding hydrogens is 262 g/mol. The highest BCUT2D eigenvalue weighted by Gasteiger charge is 2.15. The molecule has 0 unspecified atom stereocenters. The van der Waals surface area contributed by atoms with Crippen LogP contribution in [0.15, 0.2) is 22.7 Å². The predicted molar refractivity (Wildman–Crippen MR) is 59.4 cm³/mol. The summed E-state index contributed by atoms with van der Waals surface area (Å²) in [6, 6.07) is 4.26. The average Bonchev–Trinajstić information content (AvgIpc) is 2.21. The fourth-order valence-electron chi connectivity index (χ4n) is 1.19. The summed E-state index contributed by atoms with van der Waals surface area (Å²) in [4.78, 5) is 11.0. The Balaban J connectivity index is 2.85. The molecule has 4 nitrogen and oxygen atoms in total. The number of aromatic hydroxyl groups is 1. The highest BCUT2D eigenvalue weighted by Crippen LogP contribution is 2.27. The predicted octanol–water partition coefficient (Wildman–Crippen LogP) is 1.72. The molecule has 3 N–H and O–H groups in total. The van der Waals surface area contributed by atoms with Crippen LogP contribution in [0.1, 0.15) is 18.0 Å². The van der Waals surface area contributed by atoms with E-state index in [1.807, 2.05) is 0 Å². The Labute approximate surface area is 96.2 Å². The van der Waals surface area contributed by atoms with Gasteiger partial charge in [0.2, 0.25) is 0 Å². The molecule has 82 valence electrons. The Kier molecular flexibility index (Phi) is 4.11. The fourth-order valence-corrected chi connectivity index (χ4v) is 1.73. The average molecular weight is 274 g/mol. The van der Waals surface area contributed by atoms with Crippen LogP contribution in [0.2, 0.25) is 0 Å². The Bertz CT molecular complexity index is 368. The van der Waals surface area contributed by atoms with Gasteiger partial charge in [0.15, 0.2) is 0 Å². The molecule has 0 amide bonds. The topological polar surface area (TPSA) is 72.5 Å². The second-order valence-corrected chi connectivity index (χ2v) is 3.95. The van der Waals surface area contributed by atoms with Crippen LogP contribution in [0, 0.1) is 0 Å². The number of hydrogen-bond donors (Lipinski definition) is 2. The third kappa shape index (κ3) is 3.21. The van der Waals surface area contributed by atoms with Crippen molar-refractivity contribution in [2.75, 3.05) is 7.11 Å². The first-order valence-corrected chi connectivity index (χ1v) is 5.14. The van der Waals surface area contributed by atoms with Crippen molar-refractivity contribution in [1.29, 1.82) is 0 Å². The molecule has 0 bridgehead atoms. The maximum absolute atomic E-state index is 11.0. The van der Waals surface area contributed by atoms with Gasteiger partial charge in [0.1, 0.15) is 5.75 Å². The normalized spacial score (nSPS) is 12.2. The van der Waals surface area contributed by atoms with E-state index in [0.29, 0.717) is 5.56 Å². The van der Waals surface area contributed by atoms with E-state index in [1.54, 1.807) is 12.1 Å². The van der Waals surface area contributed by atoms with Crippen molar-refractivity contribution in [1.82, 2.24) is 0 Å². The molecule has 5 heteroatoms. The quantitative estimate of drug-likeness (QED) is 0.823. The van der Waals surface area contributed by atoms with E-state index in [1.165, 1.54) is 13.2 Å². The number of nitrogens with two attached hydrogens (primary N) is 1. The summed E-state index contributed by atoms with van der Waals surface area (Å²) in [6.45, 7) is 0. The summed E-state index contributed by atoms with van der Waals surface area (Å²) < 4.78 is 5.28. The molecule has 0 fully saturated rings. The number of ether oxygens (including phenoxy) is 1. The molecule has 0 aromatic heterocycles. The molecular formula is C10H12BrNO3. The van der Waals surface area contributed by atoms with E-state index >= 15 is 0 Å². The fraction of sp³-hybridized carbons (Fsp3) is 0.300. The van der Waals surface area contributed by atoms with Crippen LogP contribution in [-0.4, -0.2) is 18.2 Å². The van der Waals surface area contributed by atoms with Gasteiger partial charge in [0.25, 0.3) is 0 Å². The van der Waals surface area contributed by atoms with E-state index in [-0.39, 0.29) is 18.1 Å². The molecule has 1 rings (SSSR count). The van der Waals surface area contributed by atoms with Gasteiger partial charge in [-0.3, -0.25) is 4.79 Å². The van der Waals surface area contributed by atoms with E-state index in [2.05, 4.69) is 20.7 Å². The van der Waals surface area contributed by atoms with Crippen molar-refractivity contribution >= 4 is 21.9 Å². The standard InChI is InChI=1S/C10H12BrNO3/c1-15-10(14)5-9(12)7-4-6(13)2-3-8(7)11/h2-4,9,13H,5,12H2,1H3/t9-/m0/s1. The minimum absolute atomic E-state index is 0.0819. The summed E-state index contributed by atoms with van der Waals surface area (Å²) in [6.07, 6.45) is 0.0819. The van der Waals surface area contributed by atoms with Gasteiger partial charge >= 0.3 is 5.97 Å². The number of esters is 1. The van der Waals surface area contributed by atoms with Gasteiger partial charge < -0.3 is 15.6 Å². The third-order valence-corrected chi connectivity index (χ3v) is 2.72. The van der Waals surface area contributed by atoms with E-state index < -0.39 is 6.04 Å². The lowest BCUT2D eigenvalue weighted by Crippen LogP contribution is -2.16. The number of phenols is 1. The first kappa shape index (κ1) is 12.0. The molecule has 0 spiro atoms. The second kappa shape index (κ2) is 5.14. The number of carbonyl (C=O) groups excluding carboxylic acids is 1. The number of rotatable bonds is 3. The van der Waals surface area contributed by atoms with Crippen LogP contribution in [0.5, 0.6) is 5.75 Å². The number of phenolic OH excluding ortho intramolecular Hbond substituents is 1. The molecule has 0 radical (unpaired) electrons. The second-order valence-electron chi connectivity index (χ2n) is 3.09. The minimum atomic E-state index is -0.487. The monoisotopic (exact) mass is 273 g/mol. The van der Waals surface area contributed by atoms with Crippen LogP contribution in [0.25, 0.3) is 0 Å². The SMILES string of the molecule is COC(=O)C[C@H](N)c1cc(O)ccc1Br. The summed E-state index contributed by atoms with van der Waals surface area (Å²) in [5.74, 6) is -0.258. The molecule has 0 heterocycles. The van der Waals surface area contributed by atoms with Crippen LogP contribution in [0.4, 0.5) is 0 Å². The molecule has 0 aliphatic carbocycles. The van der Waals surface area contributed by atoms with Crippen molar-refractivity contribution in [3.8, 4) is 5.75 Å². The van der Waals surface area contributed by atoms with Crippen molar-refractivity contribution in [3.05, 3.63) is 28.2 Å². The zero-order chi connectivity index (χ0) is 11.4. The zero-order valence-corrected chi connectivity index (χ0v) is 9.82. The van der Waals surface area contributed by atoms with Crippen molar-refractivity contribution in [2.24, 2.45) is 5.73 Å². The van der Waals surface area contributed by atoms with E-state index in [0.717, 1.165) is 4.47 Å². The third-order valence-electron chi connectivity index (χ3n) is 1.99. The molecule has 1 atom stereocenters. The Morgan fingerprint density at radius 2 is 2.33 bits per heavy atom. The maximum atomic E-state index is 11.0. The van der Waals surface area contributed by atoms with Gasteiger partial charge in [-0.05, 0) is 23.8 Å². The Morgan fingerprint density at radius 3 is 2.93 bits per heavy atom. The minimum Gasteiger partial charge on any atom is -0.508 e. The van der Waals surface area contributed by atoms with E-state index in [4.69, 9.17) is 5.73 Å². The number of benzene rings is 1. The molecule has 0 aliphatic rings. The van der Waals surface area contributed by atoms with Gasteiger partial charge in [-0.2, -0.15) is 0 Å². The first-order valence-electron chi connectivity index (χ1n) is 4.35. The lowest BCUT2D eigenvalue weighted by atomic mass is 10.0. The van der Waals surface area contributed by atoms with Crippen molar-refractivity contribution < 1.29 is 14.6 Å². The van der Waals surface area contributed by atoms with Gasteiger partial charge in [-0.1, -0.05) is 15.9 Å². The highest BCUT2D eigenvalue weighted by atomic mass is 79.9. The first-order chi connectivity index (χ1) is 7.04. The van der Waals surface area contributed by atoms with E-state index in [9.17, 15) is 9.90 Å². The summed E-state index contributed by atoms with van der Waals surface area (Å²) in [5, 5.41) is 9.29. The largest absolute Gasteiger partial charge is 0.508 e. The molecule has 0 aliphatic heterocycles. The Morgan fingerprint density at radius 1 is 1.67 bits per heavy atom. The maximum Gasteiger partial charge on any atom is 0.307 e. The molecule has 0 saturated carbocycles. The highest BCUT2D eigenvalue weighted by molar-refractivity contribution is 9.10. The number of hydrogen-bond acceptors (Lipinski definition) is 4. The lowest BCUT2D eigenvalue weighted by molar-refractivity contribution is -0.141. The zero-order valence-electron chi connectivity index (χ0n) is 8.24. The number of carbonyl (C=O) groups is 1. The summed E-state index contributed by atoms with van der Waals surface area (Å²) in [7, 11) is 1.31. The van der Waals surface area contributed by atoms with Gasteiger partial charge in [0, 0.05) is 10.5 Å². The summed E-state index contributed by atoms with van der Waals surface area (Å²) in [5.41, 5.74) is 6.48. The number of methoxy groups -OCH3 is 1. The molecule has 0 saturated heterocycles. The number of halogens is 1. The van der Waals surface area contributed by atoms with Gasteiger partial charge in [-0.15, -0.1) is 0 Å². The lowest BCUT2D eigenvalue weighted by Gasteiger charge is -2.12. The van der Waals surface area contributed by atoms with Crippen molar-refractivity contribution in [2.45, 2.75) is 12.5 Å². The van der Waals surface area contributed by atoms with Gasteiger partial charge in [0.05, 0.1) is 13.5 Å².